The Balaban J connectivity index is 4.65. The standard InChI is InChI=1S/C12H28N2S/c1-6-11(9-15-5)14(4)12(7-2,8-3)10-13/h11H,6-10,13H2,1-5H3. The molecule has 0 aliphatic heterocycles. The highest BCUT2D eigenvalue weighted by Crippen LogP contribution is 2.25. The summed E-state index contributed by atoms with van der Waals surface area (Å²) in [4.78, 5) is 2.52. The molecule has 2 N–H and O–H groups in total. The Morgan fingerprint density at radius 1 is 1.27 bits per heavy atom. The largest absolute Gasteiger partial charge is 0.329 e. The maximum absolute atomic E-state index is 5.97. The Labute approximate surface area is 100.0 Å². The molecule has 0 saturated heterocycles. The van der Waals surface area contributed by atoms with Crippen LogP contribution in [-0.4, -0.2) is 42.1 Å². The third-order valence-corrected chi connectivity index (χ3v) is 4.54. The summed E-state index contributed by atoms with van der Waals surface area (Å²) in [6, 6.07) is 0.656. The summed E-state index contributed by atoms with van der Waals surface area (Å²) in [5.74, 6) is 1.20. The topological polar surface area (TPSA) is 29.3 Å². The lowest BCUT2D eigenvalue weighted by molar-refractivity contribution is 0.0765. The van der Waals surface area contributed by atoms with Crippen LogP contribution in [0.2, 0.25) is 0 Å². The molecule has 0 bridgehead atoms. The number of rotatable bonds is 8. The molecule has 0 aromatic rings. The summed E-state index contributed by atoms with van der Waals surface area (Å²) >= 11 is 1.93. The first-order valence-electron chi connectivity index (χ1n) is 6.03. The number of nitrogens with two attached hydrogens (primary N) is 1. The number of thioether (sulfide) groups is 1. The fourth-order valence-corrected chi connectivity index (χ4v) is 3.11. The molecule has 1 unspecified atom stereocenters. The third kappa shape index (κ3) is 3.65. The van der Waals surface area contributed by atoms with Gasteiger partial charge < -0.3 is 5.73 Å². The van der Waals surface area contributed by atoms with Gasteiger partial charge in [0.2, 0.25) is 0 Å². The number of likely N-dealkylation sites (N-methyl/N-ethyl adjacent to an activating group) is 1. The van der Waals surface area contributed by atoms with E-state index in [0.29, 0.717) is 6.04 Å². The molecule has 3 heteroatoms. The summed E-state index contributed by atoms with van der Waals surface area (Å²) in [6.07, 6.45) is 5.67. The van der Waals surface area contributed by atoms with Crippen molar-refractivity contribution in [2.75, 3.05) is 25.6 Å². The average Bonchev–Trinajstić information content (AvgIpc) is 2.28. The minimum absolute atomic E-state index is 0.205. The molecule has 0 fully saturated rings. The first-order chi connectivity index (χ1) is 7.11. The van der Waals surface area contributed by atoms with E-state index in [2.05, 4.69) is 39.0 Å². The molecule has 0 rings (SSSR count). The van der Waals surface area contributed by atoms with Crippen molar-refractivity contribution in [2.24, 2.45) is 5.73 Å². The third-order valence-electron chi connectivity index (χ3n) is 3.82. The molecule has 0 saturated carbocycles. The molecule has 0 aliphatic rings. The molecule has 0 aromatic heterocycles. The van der Waals surface area contributed by atoms with Gasteiger partial charge in [0, 0.05) is 23.9 Å². The van der Waals surface area contributed by atoms with E-state index in [0.717, 1.165) is 19.4 Å². The van der Waals surface area contributed by atoms with E-state index in [-0.39, 0.29) is 5.54 Å². The molecular formula is C12H28N2S. The van der Waals surface area contributed by atoms with Gasteiger partial charge in [0.15, 0.2) is 0 Å². The van der Waals surface area contributed by atoms with E-state index in [1.54, 1.807) is 0 Å². The van der Waals surface area contributed by atoms with Crippen LogP contribution in [0.25, 0.3) is 0 Å². The van der Waals surface area contributed by atoms with Crippen LogP contribution in [0.3, 0.4) is 0 Å². The molecule has 2 nitrogen and oxygen atoms in total. The smallest absolute Gasteiger partial charge is 0.0326 e. The van der Waals surface area contributed by atoms with Crippen LogP contribution in [0.4, 0.5) is 0 Å². The fourth-order valence-electron chi connectivity index (χ4n) is 2.26. The van der Waals surface area contributed by atoms with Gasteiger partial charge in [0.05, 0.1) is 0 Å². The van der Waals surface area contributed by atoms with Gasteiger partial charge in [0.25, 0.3) is 0 Å². The number of hydrogen-bond acceptors (Lipinski definition) is 3. The lowest BCUT2D eigenvalue weighted by Gasteiger charge is -2.44. The second-order valence-corrected chi connectivity index (χ2v) is 5.17. The van der Waals surface area contributed by atoms with Gasteiger partial charge in [0.1, 0.15) is 0 Å². The van der Waals surface area contributed by atoms with Crippen molar-refractivity contribution in [3.05, 3.63) is 0 Å². The Morgan fingerprint density at radius 3 is 2.07 bits per heavy atom. The quantitative estimate of drug-likeness (QED) is 0.697. The zero-order chi connectivity index (χ0) is 11.9. The number of hydrogen-bond donors (Lipinski definition) is 1. The van der Waals surface area contributed by atoms with E-state index < -0.39 is 0 Å². The van der Waals surface area contributed by atoms with E-state index in [9.17, 15) is 0 Å². The Kier molecular flexibility index (Phi) is 7.66. The molecule has 0 amide bonds. The lowest BCUT2D eigenvalue weighted by atomic mass is 9.89. The van der Waals surface area contributed by atoms with Crippen LogP contribution in [0.15, 0.2) is 0 Å². The van der Waals surface area contributed by atoms with E-state index in [1.807, 2.05) is 11.8 Å². The Hall–Kier alpha value is 0.270. The minimum Gasteiger partial charge on any atom is -0.329 e. The monoisotopic (exact) mass is 232 g/mol. The van der Waals surface area contributed by atoms with Gasteiger partial charge in [-0.05, 0) is 32.6 Å². The summed E-state index contributed by atoms with van der Waals surface area (Å²) in [5, 5.41) is 0. The van der Waals surface area contributed by atoms with Crippen LogP contribution in [0, 0.1) is 0 Å². The van der Waals surface area contributed by atoms with Crippen molar-refractivity contribution in [3.63, 3.8) is 0 Å². The Bertz CT molecular complexity index is 149. The first kappa shape index (κ1) is 15.3. The summed E-state index contributed by atoms with van der Waals surface area (Å²) in [7, 11) is 2.24. The van der Waals surface area contributed by atoms with Crippen LogP contribution in [-0.2, 0) is 0 Å². The molecular weight excluding hydrogens is 204 g/mol. The van der Waals surface area contributed by atoms with E-state index in [1.165, 1.54) is 12.2 Å². The van der Waals surface area contributed by atoms with Crippen LogP contribution in [0.1, 0.15) is 40.0 Å². The van der Waals surface area contributed by atoms with Crippen molar-refractivity contribution in [2.45, 2.75) is 51.6 Å². The van der Waals surface area contributed by atoms with Crippen molar-refractivity contribution >= 4 is 11.8 Å². The minimum atomic E-state index is 0.205. The molecule has 15 heavy (non-hydrogen) atoms. The second kappa shape index (κ2) is 7.53. The second-order valence-electron chi connectivity index (χ2n) is 4.26. The maximum atomic E-state index is 5.97. The van der Waals surface area contributed by atoms with Gasteiger partial charge in [-0.3, -0.25) is 4.90 Å². The summed E-state index contributed by atoms with van der Waals surface area (Å²) in [6.45, 7) is 7.53. The van der Waals surface area contributed by atoms with Gasteiger partial charge in [-0.1, -0.05) is 20.8 Å². The van der Waals surface area contributed by atoms with Gasteiger partial charge in [-0.25, -0.2) is 0 Å². The van der Waals surface area contributed by atoms with E-state index >= 15 is 0 Å². The van der Waals surface area contributed by atoms with Crippen molar-refractivity contribution < 1.29 is 0 Å². The zero-order valence-electron chi connectivity index (χ0n) is 11.0. The van der Waals surface area contributed by atoms with Crippen molar-refractivity contribution in [1.82, 2.24) is 4.90 Å². The van der Waals surface area contributed by atoms with Gasteiger partial charge >= 0.3 is 0 Å². The maximum Gasteiger partial charge on any atom is 0.0326 e. The number of nitrogens with zero attached hydrogens (tertiary/aromatic N) is 1. The van der Waals surface area contributed by atoms with Crippen LogP contribution < -0.4 is 5.73 Å². The predicted molar refractivity (Wildman–Crippen MR) is 72.6 cm³/mol. The molecule has 0 aromatic carbocycles. The molecule has 0 radical (unpaired) electrons. The van der Waals surface area contributed by atoms with Crippen molar-refractivity contribution in [1.29, 1.82) is 0 Å². The first-order valence-corrected chi connectivity index (χ1v) is 7.43. The van der Waals surface area contributed by atoms with E-state index in [4.69, 9.17) is 5.73 Å². The summed E-state index contributed by atoms with van der Waals surface area (Å²) < 4.78 is 0. The molecule has 92 valence electrons. The zero-order valence-corrected chi connectivity index (χ0v) is 11.9. The molecule has 0 spiro atoms. The highest BCUT2D eigenvalue weighted by Gasteiger charge is 2.32. The van der Waals surface area contributed by atoms with Crippen LogP contribution in [0.5, 0.6) is 0 Å². The van der Waals surface area contributed by atoms with Gasteiger partial charge in [-0.2, -0.15) is 11.8 Å². The molecule has 0 heterocycles. The molecule has 0 aliphatic carbocycles. The SMILES string of the molecule is CCC(CSC)N(C)C(CC)(CC)CN. The van der Waals surface area contributed by atoms with Crippen LogP contribution >= 0.6 is 11.8 Å². The average molecular weight is 232 g/mol. The normalized spacial score (nSPS) is 14.6. The predicted octanol–water partition coefficient (Wildman–Crippen LogP) is 2.58. The molecule has 1 atom stereocenters. The van der Waals surface area contributed by atoms with Crippen molar-refractivity contribution in [3.8, 4) is 0 Å². The highest BCUT2D eigenvalue weighted by atomic mass is 32.2. The highest BCUT2D eigenvalue weighted by molar-refractivity contribution is 7.98. The lowest BCUT2D eigenvalue weighted by Crippen LogP contribution is -2.55. The van der Waals surface area contributed by atoms with Gasteiger partial charge in [-0.15, -0.1) is 0 Å². The Morgan fingerprint density at radius 2 is 1.80 bits per heavy atom. The summed E-state index contributed by atoms with van der Waals surface area (Å²) in [5.41, 5.74) is 6.17. The fraction of sp³-hybridized carbons (Fsp3) is 1.00.